The number of hydrogen-bond donors (Lipinski definition) is 1. The second kappa shape index (κ2) is 8.26. The number of benzene rings is 1. The molecule has 1 rings (SSSR count). The Hall–Kier alpha value is -1.44. The number of carbonyl (C=O) groups is 1. The zero-order chi connectivity index (χ0) is 16.8. The van der Waals surface area contributed by atoms with Gasteiger partial charge in [-0.1, -0.05) is 30.3 Å². The van der Waals surface area contributed by atoms with E-state index in [4.69, 9.17) is 5.73 Å². The number of amides is 1. The summed E-state index contributed by atoms with van der Waals surface area (Å²) in [6.45, 7) is 1.00. The number of nitrogens with two attached hydrogens (primary N) is 1. The summed E-state index contributed by atoms with van der Waals surface area (Å²) in [4.78, 5) is 13.5. The highest BCUT2D eigenvalue weighted by atomic mass is 32.2. The maximum Gasteiger partial charge on any atom is 0.221 e. The largest absolute Gasteiger partial charge is 0.369 e. The van der Waals surface area contributed by atoms with Crippen molar-refractivity contribution in [1.29, 1.82) is 0 Å². The van der Waals surface area contributed by atoms with Crippen LogP contribution >= 0.6 is 0 Å². The molecule has 1 aromatic rings. The van der Waals surface area contributed by atoms with E-state index in [1.54, 1.807) is 0 Å². The van der Waals surface area contributed by atoms with Gasteiger partial charge >= 0.3 is 0 Å². The van der Waals surface area contributed by atoms with Crippen LogP contribution in [0, 0.1) is 5.92 Å². The van der Waals surface area contributed by atoms with Crippen molar-refractivity contribution in [1.82, 2.24) is 9.21 Å². The minimum atomic E-state index is -3.51. The molecule has 124 valence electrons. The minimum Gasteiger partial charge on any atom is -0.369 e. The highest BCUT2D eigenvalue weighted by Crippen LogP contribution is 2.13. The summed E-state index contributed by atoms with van der Waals surface area (Å²) in [5.74, 6) is -1.58. The van der Waals surface area contributed by atoms with Gasteiger partial charge in [0.25, 0.3) is 0 Å². The predicted octanol–water partition coefficient (Wildman–Crippen LogP) is 0.154. The normalized spacial score (nSPS) is 13.5. The second-order valence-electron chi connectivity index (χ2n) is 5.69. The van der Waals surface area contributed by atoms with Crippen LogP contribution in [0.1, 0.15) is 5.56 Å². The summed E-state index contributed by atoms with van der Waals surface area (Å²) in [6, 6.07) is 9.29. The Kier molecular flexibility index (Phi) is 6.99. The predicted molar refractivity (Wildman–Crippen MR) is 87.8 cm³/mol. The third-order valence-electron chi connectivity index (χ3n) is 3.48. The van der Waals surface area contributed by atoms with Gasteiger partial charge in [0, 0.05) is 20.1 Å². The van der Waals surface area contributed by atoms with E-state index < -0.39 is 21.8 Å². The van der Waals surface area contributed by atoms with Gasteiger partial charge in [-0.05, 0) is 26.1 Å². The van der Waals surface area contributed by atoms with Crippen LogP contribution in [0.4, 0.5) is 0 Å². The van der Waals surface area contributed by atoms with Gasteiger partial charge in [0.2, 0.25) is 15.9 Å². The van der Waals surface area contributed by atoms with E-state index in [0.717, 1.165) is 5.56 Å². The lowest BCUT2D eigenvalue weighted by Gasteiger charge is -2.22. The number of rotatable bonds is 9. The molecule has 0 spiro atoms. The van der Waals surface area contributed by atoms with Crippen molar-refractivity contribution in [3.63, 3.8) is 0 Å². The average molecular weight is 327 g/mol. The Morgan fingerprint density at radius 2 is 1.73 bits per heavy atom. The van der Waals surface area contributed by atoms with Crippen molar-refractivity contribution < 1.29 is 13.2 Å². The third kappa shape index (κ3) is 6.13. The van der Waals surface area contributed by atoms with Crippen LogP contribution in [-0.4, -0.2) is 63.5 Å². The summed E-state index contributed by atoms with van der Waals surface area (Å²) >= 11 is 0. The Bertz CT molecular complexity index is 573. The van der Waals surface area contributed by atoms with Crippen molar-refractivity contribution in [2.45, 2.75) is 6.42 Å². The Balaban J connectivity index is 2.75. The van der Waals surface area contributed by atoms with Crippen molar-refractivity contribution in [2.24, 2.45) is 11.7 Å². The van der Waals surface area contributed by atoms with Gasteiger partial charge in [-0.15, -0.1) is 0 Å². The van der Waals surface area contributed by atoms with Crippen LogP contribution in [0.25, 0.3) is 0 Å². The molecule has 0 aliphatic heterocycles. The van der Waals surface area contributed by atoms with Crippen LogP contribution in [0.2, 0.25) is 0 Å². The molecule has 0 saturated carbocycles. The fourth-order valence-corrected chi connectivity index (χ4v) is 3.41. The first-order valence-electron chi connectivity index (χ1n) is 7.14. The maximum atomic E-state index is 12.3. The maximum absolute atomic E-state index is 12.3. The molecule has 2 N–H and O–H groups in total. The molecule has 0 fully saturated rings. The van der Waals surface area contributed by atoms with Gasteiger partial charge in [-0.25, -0.2) is 12.7 Å². The molecule has 6 nitrogen and oxygen atoms in total. The number of carbonyl (C=O) groups excluding carboxylic acids is 1. The molecule has 0 aliphatic rings. The van der Waals surface area contributed by atoms with Crippen LogP contribution in [-0.2, 0) is 21.2 Å². The van der Waals surface area contributed by atoms with Crippen molar-refractivity contribution >= 4 is 15.9 Å². The first kappa shape index (κ1) is 18.6. The van der Waals surface area contributed by atoms with Crippen LogP contribution in [0.3, 0.4) is 0 Å². The summed E-state index contributed by atoms with van der Waals surface area (Å²) in [7, 11) is 1.77. The molecule has 7 heteroatoms. The molecule has 0 aromatic heterocycles. The average Bonchev–Trinajstić information content (AvgIpc) is 2.44. The quantitative estimate of drug-likeness (QED) is 0.700. The van der Waals surface area contributed by atoms with E-state index >= 15 is 0 Å². The Morgan fingerprint density at radius 1 is 1.14 bits per heavy atom. The minimum absolute atomic E-state index is 0.263. The molecule has 0 unspecified atom stereocenters. The van der Waals surface area contributed by atoms with Crippen molar-refractivity contribution in [3.05, 3.63) is 35.9 Å². The molecular weight excluding hydrogens is 302 g/mol. The molecular formula is C15H25N3O3S. The van der Waals surface area contributed by atoms with Crippen molar-refractivity contribution in [2.75, 3.05) is 40.0 Å². The van der Waals surface area contributed by atoms with Gasteiger partial charge in [0.15, 0.2) is 0 Å². The molecule has 0 radical (unpaired) electrons. The lowest BCUT2D eigenvalue weighted by Crippen LogP contribution is -2.40. The van der Waals surface area contributed by atoms with Crippen molar-refractivity contribution in [3.8, 4) is 0 Å². The lowest BCUT2D eigenvalue weighted by molar-refractivity contribution is -0.121. The molecule has 1 atom stereocenters. The summed E-state index contributed by atoms with van der Waals surface area (Å²) in [6.07, 6.45) is 0.330. The first-order chi connectivity index (χ1) is 10.2. The number of likely N-dealkylation sites (N-methyl/N-ethyl adjacent to an activating group) is 2. The zero-order valence-electron chi connectivity index (χ0n) is 13.4. The summed E-state index contributed by atoms with van der Waals surface area (Å²) in [5, 5.41) is 0. The van der Waals surface area contributed by atoms with E-state index in [2.05, 4.69) is 0 Å². The number of hydrogen-bond acceptors (Lipinski definition) is 4. The van der Waals surface area contributed by atoms with Gasteiger partial charge in [-0.2, -0.15) is 0 Å². The smallest absolute Gasteiger partial charge is 0.221 e. The van der Waals surface area contributed by atoms with E-state index in [-0.39, 0.29) is 5.75 Å². The van der Waals surface area contributed by atoms with E-state index in [9.17, 15) is 13.2 Å². The Morgan fingerprint density at radius 3 is 2.23 bits per heavy atom. The summed E-state index contributed by atoms with van der Waals surface area (Å²) in [5.41, 5.74) is 6.28. The first-order valence-corrected chi connectivity index (χ1v) is 8.75. The van der Waals surface area contributed by atoms with E-state index in [1.165, 1.54) is 11.4 Å². The molecule has 0 heterocycles. The van der Waals surface area contributed by atoms with Gasteiger partial charge in [0.05, 0.1) is 11.7 Å². The van der Waals surface area contributed by atoms with Gasteiger partial charge < -0.3 is 10.6 Å². The lowest BCUT2D eigenvalue weighted by atomic mass is 10.0. The molecule has 0 saturated heterocycles. The fourth-order valence-electron chi connectivity index (χ4n) is 2.00. The number of sulfonamides is 1. The third-order valence-corrected chi connectivity index (χ3v) is 5.43. The Labute approximate surface area is 132 Å². The number of primary amides is 1. The molecule has 0 bridgehead atoms. The van der Waals surface area contributed by atoms with Crippen LogP contribution in [0.5, 0.6) is 0 Å². The molecule has 1 aromatic carbocycles. The van der Waals surface area contributed by atoms with Gasteiger partial charge in [0.1, 0.15) is 0 Å². The molecule has 1 amide bonds. The fraction of sp³-hybridized carbons (Fsp3) is 0.533. The van der Waals surface area contributed by atoms with Gasteiger partial charge in [-0.3, -0.25) is 4.79 Å². The SMILES string of the molecule is CN(C)CCN(C)S(=O)(=O)C[C@@H](Cc1ccccc1)C(N)=O. The molecule has 0 aliphatic carbocycles. The van der Waals surface area contributed by atoms with E-state index in [0.29, 0.717) is 19.5 Å². The highest BCUT2D eigenvalue weighted by molar-refractivity contribution is 7.89. The zero-order valence-corrected chi connectivity index (χ0v) is 14.2. The monoisotopic (exact) mass is 327 g/mol. The van der Waals surface area contributed by atoms with Crippen LogP contribution < -0.4 is 5.73 Å². The van der Waals surface area contributed by atoms with E-state index in [1.807, 2.05) is 49.3 Å². The standard InChI is InChI=1S/C15H25N3O3S/c1-17(2)9-10-18(3)22(20,21)12-14(15(16)19)11-13-7-5-4-6-8-13/h4-8,14H,9-12H2,1-3H3,(H2,16,19)/t14-/m1/s1. The number of nitrogens with zero attached hydrogens (tertiary/aromatic N) is 2. The topological polar surface area (TPSA) is 83.7 Å². The second-order valence-corrected chi connectivity index (χ2v) is 7.81. The molecule has 22 heavy (non-hydrogen) atoms. The van der Waals surface area contributed by atoms with Crippen LogP contribution in [0.15, 0.2) is 30.3 Å². The highest BCUT2D eigenvalue weighted by Gasteiger charge is 2.27. The summed E-state index contributed by atoms with van der Waals surface area (Å²) < 4.78 is 26.0.